The van der Waals surface area contributed by atoms with Crippen LogP contribution in [0.15, 0.2) is 29.0 Å². The van der Waals surface area contributed by atoms with Gasteiger partial charge in [0.25, 0.3) is 0 Å². The van der Waals surface area contributed by atoms with Gasteiger partial charge in [0.15, 0.2) is 11.3 Å². The van der Waals surface area contributed by atoms with Crippen molar-refractivity contribution in [3.05, 3.63) is 41.3 Å². The van der Waals surface area contributed by atoms with Crippen LogP contribution in [0.25, 0.3) is 11.0 Å². The number of aromatic nitrogens is 3. The molecule has 3 rings (SSSR count). The zero-order valence-electron chi connectivity index (χ0n) is 17.9. The molecule has 0 aliphatic heterocycles. The predicted octanol–water partition coefficient (Wildman–Crippen LogP) is 4.28. The van der Waals surface area contributed by atoms with Gasteiger partial charge in [-0.3, -0.25) is 0 Å². The molecule has 0 saturated carbocycles. The summed E-state index contributed by atoms with van der Waals surface area (Å²) in [5.74, 6) is 0.402. The molecule has 0 aliphatic carbocycles. The van der Waals surface area contributed by atoms with E-state index in [0.717, 1.165) is 0 Å². The molecule has 0 aliphatic rings. The summed E-state index contributed by atoms with van der Waals surface area (Å²) in [6.45, 7) is 2.81. The van der Waals surface area contributed by atoms with Gasteiger partial charge in [-0.2, -0.15) is 13.2 Å². The lowest BCUT2D eigenvalue weighted by Crippen LogP contribution is -2.23. The molecule has 0 radical (unpaired) electrons. The third-order valence-electron chi connectivity index (χ3n) is 4.77. The fourth-order valence-corrected chi connectivity index (χ4v) is 3.19. The number of carbonyl (C=O) groups excluding carboxylic acids is 1. The molecule has 0 bridgehead atoms. The highest BCUT2D eigenvalue weighted by molar-refractivity contribution is 5.88. The molecule has 3 aromatic rings. The number of hydrogen-bond acceptors (Lipinski definition) is 8. The highest BCUT2D eigenvalue weighted by Crippen LogP contribution is 2.38. The third-order valence-corrected chi connectivity index (χ3v) is 4.77. The number of benzene rings is 1. The molecular weight excluding hydrogens is 429 g/mol. The Morgan fingerprint density at radius 3 is 2.56 bits per heavy atom. The van der Waals surface area contributed by atoms with Crippen LogP contribution < -0.4 is 9.64 Å². The van der Waals surface area contributed by atoms with Crippen molar-refractivity contribution in [1.82, 2.24) is 15.1 Å². The Bertz CT molecular complexity index is 1070. The molecule has 172 valence electrons. The van der Waals surface area contributed by atoms with E-state index < -0.39 is 17.8 Å². The number of ether oxygens (including phenoxy) is 2. The molecule has 0 unspecified atom stereocenters. The third kappa shape index (κ3) is 5.09. The van der Waals surface area contributed by atoms with Crippen molar-refractivity contribution in [3.8, 4) is 5.75 Å². The Balaban J connectivity index is 1.63. The lowest BCUT2D eigenvalue weighted by molar-refractivity contribution is -0.141. The van der Waals surface area contributed by atoms with Gasteiger partial charge < -0.3 is 18.9 Å². The topological polar surface area (TPSA) is 90.6 Å². The molecule has 0 amide bonds. The first-order chi connectivity index (χ1) is 15.3. The lowest BCUT2D eigenvalue weighted by atomic mass is 10.0. The first kappa shape index (κ1) is 23.3. The fraction of sp³-hybridized carbons (Fsp3) is 0.429. The summed E-state index contributed by atoms with van der Waals surface area (Å²) in [4.78, 5) is 21.5. The van der Waals surface area contributed by atoms with Crippen molar-refractivity contribution in [1.29, 1.82) is 0 Å². The summed E-state index contributed by atoms with van der Waals surface area (Å²) in [7, 11) is 3.08. The number of fused-ring (bicyclic) bond motifs is 1. The van der Waals surface area contributed by atoms with E-state index in [1.165, 1.54) is 31.6 Å². The van der Waals surface area contributed by atoms with Crippen molar-refractivity contribution >= 4 is 22.9 Å². The summed E-state index contributed by atoms with van der Waals surface area (Å²) in [6.07, 6.45) is 0.00385. The van der Waals surface area contributed by atoms with E-state index in [2.05, 4.69) is 19.9 Å². The van der Waals surface area contributed by atoms with Crippen LogP contribution >= 0.6 is 0 Å². The van der Waals surface area contributed by atoms with Gasteiger partial charge >= 0.3 is 12.1 Å². The number of rotatable bonds is 9. The second-order valence-corrected chi connectivity index (χ2v) is 7.08. The second kappa shape index (κ2) is 9.84. The molecule has 0 N–H and O–H groups in total. The van der Waals surface area contributed by atoms with Crippen LogP contribution in [0.1, 0.15) is 41.4 Å². The van der Waals surface area contributed by atoms with Gasteiger partial charge in [-0.25, -0.2) is 14.8 Å². The standard InChI is InChI=1S/C21H23F3N4O4/c1-4-6-14-16(8-7-15-17(14)32-27-18(15)21(22,23)24)31-10-5-9-28(2)20-25-11-13(12-26-20)19(29)30-3/h7-8,11-12H,4-6,9-10H2,1-3H3. The molecule has 0 atom stereocenters. The number of carbonyl (C=O) groups is 1. The van der Waals surface area contributed by atoms with E-state index in [1.807, 2.05) is 6.92 Å². The molecule has 32 heavy (non-hydrogen) atoms. The minimum absolute atomic E-state index is 0.0689. The Kier molecular flexibility index (Phi) is 7.16. The Hall–Kier alpha value is -3.37. The maximum absolute atomic E-state index is 13.1. The number of esters is 1. The summed E-state index contributed by atoms with van der Waals surface area (Å²) in [5.41, 5.74) is -0.0971. The van der Waals surface area contributed by atoms with Gasteiger partial charge in [0.05, 0.1) is 24.7 Å². The number of hydrogen-bond donors (Lipinski definition) is 0. The van der Waals surface area contributed by atoms with Gasteiger partial charge in [0.1, 0.15) is 5.75 Å². The maximum Gasteiger partial charge on any atom is 0.437 e. The molecule has 0 fully saturated rings. The normalized spacial score (nSPS) is 11.6. The van der Waals surface area contributed by atoms with E-state index >= 15 is 0 Å². The average molecular weight is 452 g/mol. The van der Waals surface area contributed by atoms with Gasteiger partial charge in [0, 0.05) is 31.5 Å². The van der Waals surface area contributed by atoms with Crippen molar-refractivity contribution in [2.75, 3.05) is 32.2 Å². The molecular formula is C21H23F3N4O4. The fourth-order valence-electron chi connectivity index (χ4n) is 3.19. The van der Waals surface area contributed by atoms with Crippen LogP contribution in [-0.2, 0) is 17.3 Å². The van der Waals surface area contributed by atoms with Gasteiger partial charge in [0.2, 0.25) is 5.95 Å². The summed E-state index contributed by atoms with van der Waals surface area (Å²) < 4.78 is 54.9. The molecule has 1 aromatic carbocycles. The summed E-state index contributed by atoms with van der Waals surface area (Å²) in [6, 6.07) is 2.85. The monoisotopic (exact) mass is 452 g/mol. The van der Waals surface area contributed by atoms with Crippen LogP contribution in [0.3, 0.4) is 0 Å². The van der Waals surface area contributed by atoms with Crippen LogP contribution in [0.5, 0.6) is 5.75 Å². The van der Waals surface area contributed by atoms with Crippen LogP contribution in [-0.4, -0.2) is 48.4 Å². The molecule has 2 heterocycles. The lowest BCUT2D eigenvalue weighted by Gasteiger charge is -2.17. The second-order valence-electron chi connectivity index (χ2n) is 7.08. The van der Waals surface area contributed by atoms with Gasteiger partial charge in [-0.05, 0) is 25.0 Å². The summed E-state index contributed by atoms with van der Waals surface area (Å²) in [5, 5.41) is 3.15. The number of halogens is 3. The minimum atomic E-state index is -4.58. The molecule has 8 nitrogen and oxygen atoms in total. The molecule has 0 spiro atoms. The smallest absolute Gasteiger partial charge is 0.437 e. The number of anilines is 1. The molecule has 2 aromatic heterocycles. The maximum atomic E-state index is 13.1. The number of alkyl halides is 3. The summed E-state index contributed by atoms with van der Waals surface area (Å²) >= 11 is 0. The van der Waals surface area contributed by atoms with E-state index in [1.54, 1.807) is 11.9 Å². The molecule has 0 saturated heterocycles. The number of methoxy groups -OCH3 is 1. The van der Waals surface area contributed by atoms with Crippen LogP contribution in [0, 0.1) is 0 Å². The number of nitrogens with zero attached hydrogens (tertiary/aromatic N) is 4. The average Bonchev–Trinajstić information content (AvgIpc) is 3.22. The largest absolute Gasteiger partial charge is 0.493 e. The van der Waals surface area contributed by atoms with Crippen molar-refractivity contribution in [3.63, 3.8) is 0 Å². The molecule has 11 heteroatoms. The van der Waals surface area contributed by atoms with Crippen molar-refractivity contribution < 1.29 is 32.0 Å². The number of aryl methyl sites for hydroxylation is 1. The van der Waals surface area contributed by atoms with E-state index in [-0.39, 0.29) is 16.5 Å². The zero-order chi connectivity index (χ0) is 23.3. The zero-order valence-corrected chi connectivity index (χ0v) is 17.9. The van der Waals surface area contributed by atoms with Crippen LogP contribution in [0.4, 0.5) is 19.1 Å². The van der Waals surface area contributed by atoms with Crippen molar-refractivity contribution in [2.45, 2.75) is 32.4 Å². The highest BCUT2D eigenvalue weighted by atomic mass is 19.4. The highest BCUT2D eigenvalue weighted by Gasteiger charge is 2.37. The van der Waals surface area contributed by atoms with E-state index in [0.29, 0.717) is 49.7 Å². The van der Waals surface area contributed by atoms with Gasteiger partial charge in [-0.1, -0.05) is 18.5 Å². The van der Waals surface area contributed by atoms with Crippen LogP contribution in [0.2, 0.25) is 0 Å². The van der Waals surface area contributed by atoms with E-state index in [4.69, 9.17) is 9.26 Å². The predicted molar refractivity (Wildman–Crippen MR) is 110 cm³/mol. The first-order valence-electron chi connectivity index (χ1n) is 9.99. The quantitative estimate of drug-likeness (QED) is 0.351. The first-order valence-corrected chi connectivity index (χ1v) is 9.99. The minimum Gasteiger partial charge on any atom is -0.493 e. The Morgan fingerprint density at radius 1 is 1.22 bits per heavy atom. The van der Waals surface area contributed by atoms with Gasteiger partial charge in [-0.15, -0.1) is 0 Å². The SMILES string of the molecule is CCCc1c(OCCCN(C)c2ncc(C(=O)OC)cn2)ccc2c(C(F)(F)F)noc12. The Morgan fingerprint density at radius 2 is 1.94 bits per heavy atom. The Labute approximate surface area is 182 Å². The van der Waals surface area contributed by atoms with Crippen molar-refractivity contribution in [2.24, 2.45) is 0 Å². The van der Waals surface area contributed by atoms with E-state index in [9.17, 15) is 18.0 Å².